The minimum Gasteiger partial charge on any atom is -0.349 e. The summed E-state index contributed by atoms with van der Waals surface area (Å²) >= 11 is 3.42. The Hall–Kier alpha value is -2.61. The fourth-order valence-corrected chi connectivity index (χ4v) is 4.01. The van der Waals surface area contributed by atoms with Crippen molar-refractivity contribution in [2.75, 3.05) is 6.54 Å². The van der Waals surface area contributed by atoms with E-state index in [1.807, 2.05) is 60.7 Å². The lowest BCUT2D eigenvalue weighted by atomic mass is 10.1. The van der Waals surface area contributed by atoms with E-state index in [2.05, 4.69) is 26.3 Å². The van der Waals surface area contributed by atoms with Crippen molar-refractivity contribution in [2.45, 2.75) is 39.4 Å². The monoisotopic (exact) mass is 443 g/mol. The zero-order valence-electron chi connectivity index (χ0n) is 16.0. The molecule has 4 rings (SSSR count). The first kappa shape index (κ1) is 18.7. The number of hydrogen-bond donors (Lipinski definition) is 1. The molecule has 7 nitrogen and oxygen atoms in total. The number of hydrogen-bond acceptors (Lipinski definition) is 3. The fourth-order valence-electron chi connectivity index (χ4n) is 3.68. The lowest BCUT2D eigenvalue weighted by Crippen LogP contribution is -2.42. The van der Waals surface area contributed by atoms with Gasteiger partial charge in [-0.25, -0.2) is 4.52 Å². The second-order valence-electron chi connectivity index (χ2n) is 7.34. The van der Waals surface area contributed by atoms with Crippen LogP contribution in [0.2, 0.25) is 0 Å². The Morgan fingerprint density at radius 1 is 1.21 bits per heavy atom. The Morgan fingerprint density at radius 3 is 2.75 bits per heavy atom. The third-order valence-electron chi connectivity index (χ3n) is 5.03. The SMILES string of the molecule is CC(C)NC(=O)c1ccc2n1CCN(C(=O)c1cc3ccc(Br)cn3n1)C2C. The average Bonchev–Trinajstić information content (AvgIpc) is 3.25. The van der Waals surface area contributed by atoms with Crippen LogP contribution < -0.4 is 5.32 Å². The largest absolute Gasteiger partial charge is 0.349 e. The zero-order valence-corrected chi connectivity index (χ0v) is 17.6. The van der Waals surface area contributed by atoms with Crippen molar-refractivity contribution in [3.05, 3.63) is 58.1 Å². The molecule has 0 aromatic carbocycles. The summed E-state index contributed by atoms with van der Waals surface area (Å²) in [6.07, 6.45) is 1.83. The number of pyridine rings is 1. The van der Waals surface area contributed by atoms with E-state index in [4.69, 9.17) is 0 Å². The molecular weight excluding hydrogens is 422 g/mol. The summed E-state index contributed by atoms with van der Waals surface area (Å²) in [6.45, 7) is 6.97. The topological polar surface area (TPSA) is 71.6 Å². The van der Waals surface area contributed by atoms with Gasteiger partial charge in [0, 0.05) is 35.5 Å². The number of amides is 2. The Kier molecular flexibility index (Phi) is 4.74. The molecule has 1 N–H and O–H groups in total. The summed E-state index contributed by atoms with van der Waals surface area (Å²) in [4.78, 5) is 27.4. The van der Waals surface area contributed by atoms with Gasteiger partial charge in [-0.2, -0.15) is 5.10 Å². The molecule has 0 fully saturated rings. The molecule has 1 unspecified atom stereocenters. The van der Waals surface area contributed by atoms with Gasteiger partial charge in [0.2, 0.25) is 0 Å². The molecule has 0 aliphatic carbocycles. The van der Waals surface area contributed by atoms with Crippen molar-refractivity contribution < 1.29 is 9.59 Å². The molecule has 2 amide bonds. The second kappa shape index (κ2) is 7.09. The van der Waals surface area contributed by atoms with Gasteiger partial charge in [-0.05, 0) is 67.0 Å². The van der Waals surface area contributed by atoms with Gasteiger partial charge in [-0.3, -0.25) is 9.59 Å². The van der Waals surface area contributed by atoms with E-state index in [9.17, 15) is 9.59 Å². The predicted molar refractivity (Wildman–Crippen MR) is 109 cm³/mol. The summed E-state index contributed by atoms with van der Waals surface area (Å²) in [6, 6.07) is 9.34. The van der Waals surface area contributed by atoms with E-state index < -0.39 is 0 Å². The van der Waals surface area contributed by atoms with E-state index >= 15 is 0 Å². The third kappa shape index (κ3) is 3.22. The number of carbonyl (C=O) groups is 2. The number of carbonyl (C=O) groups excluding carboxylic acids is 2. The van der Waals surface area contributed by atoms with E-state index in [-0.39, 0.29) is 23.9 Å². The van der Waals surface area contributed by atoms with Crippen LogP contribution in [0, 0.1) is 0 Å². The van der Waals surface area contributed by atoms with E-state index in [0.29, 0.717) is 24.5 Å². The molecule has 1 aliphatic rings. The highest BCUT2D eigenvalue weighted by Crippen LogP contribution is 2.29. The first-order chi connectivity index (χ1) is 13.3. The number of nitrogens with one attached hydrogen (secondary N) is 1. The molecule has 28 heavy (non-hydrogen) atoms. The molecule has 4 heterocycles. The lowest BCUT2D eigenvalue weighted by Gasteiger charge is -2.35. The molecule has 0 saturated heterocycles. The maximum absolute atomic E-state index is 13.1. The van der Waals surface area contributed by atoms with Gasteiger partial charge in [0.1, 0.15) is 5.69 Å². The summed E-state index contributed by atoms with van der Waals surface area (Å²) < 4.78 is 4.61. The average molecular weight is 444 g/mol. The Morgan fingerprint density at radius 2 is 2.00 bits per heavy atom. The van der Waals surface area contributed by atoms with Gasteiger partial charge in [-0.15, -0.1) is 0 Å². The van der Waals surface area contributed by atoms with Gasteiger partial charge in [0.05, 0.1) is 11.6 Å². The van der Waals surface area contributed by atoms with Gasteiger partial charge in [0.15, 0.2) is 5.69 Å². The summed E-state index contributed by atoms with van der Waals surface area (Å²) in [7, 11) is 0. The van der Waals surface area contributed by atoms with Crippen LogP contribution in [0.25, 0.3) is 5.52 Å². The number of rotatable bonds is 3. The van der Waals surface area contributed by atoms with Crippen LogP contribution in [0.1, 0.15) is 53.5 Å². The molecule has 0 saturated carbocycles. The van der Waals surface area contributed by atoms with Crippen LogP contribution in [-0.4, -0.2) is 43.5 Å². The van der Waals surface area contributed by atoms with Crippen LogP contribution in [0.5, 0.6) is 0 Å². The van der Waals surface area contributed by atoms with Crippen LogP contribution in [-0.2, 0) is 6.54 Å². The van der Waals surface area contributed by atoms with Crippen LogP contribution in [0.15, 0.2) is 41.0 Å². The Bertz CT molecular complexity index is 1070. The van der Waals surface area contributed by atoms with Crippen LogP contribution in [0.4, 0.5) is 0 Å². The number of fused-ring (bicyclic) bond motifs is 2. The van der Waals surface area contributed by atoms with Crippen molar-refractivity contribution in [3.63, 3.8) is 0 Å². The molecule has 0 bridgehead atoms. The molecule has 3 aromatic rings. The molecule has 0 spiro atoms. The minimum atomic E-state index is -0.140. The smallest absolute Gasteiger partial charge is 0.275 e. The lowest BCUT2D eigenvalue weighted by molar-refractivity contribution is 0.0635. The number of halogens is 1. The molecule has 1 aliphatic heterocycles. The van der Waals surface area contributed by atoms with Gasteiger partial charge in [-0.1, -0.05) is 0 Å². The Labute approximate surface area is 171 Å². The van der Waals surface area contributed by atoms with Crippen LogP contribution in [0.3, 0.4) is 0 Å². The normalized spacial score (nSPS) is 16.5. The van der Waals surface area contributed by atoms with Gasteiger partial charge >= 0.3 is 0 Å². The van der Waals surface area contributed by atoms with Crippen molar-refractivity contribution in [2.24, 2.45) is 0 Å². The van der Waals surface area contributed by atoms with E-state index in [0.717, 1.165) is 15.7 Å². The molecule has 3 aromatic heterocycles. The molecule has 0 radical (unpaired) electrons. The quantitative estimate of drug-likeness (QED) is 0.674. The summed E-state index contributed by atoms with van der Waals surface area (Å²) in [5.41, 5.74) is 2.88. The maximum atomic E-state index is 13.1. The maximum Gasteiger partial charge on any atom is 0.275 e. The fraction of sp³-hybridized carbons (Fsp3) is 0.350. The molecule has 146 valence electrons. The highest BCUT2D eigenvalue weighted by molar-refractivity contribution is 9.10. The second-order valence-corrected chi connectivity index (χ2v) is 8.26. The first-order valence-corrected chi connectivity index (χ1v) is 10.1. The van der Waals surface area contributed by atoms with Crippen molar-refractivity contribution in [3.8, 4) is 0 Å². The van der Waals surface area contributed by atoms with Crippen LogP contribution >= 0.6 is 15.9 Å². The highest BCUT2D eigenvalue weighted by atomic mass is 79.9. The first-order valence-electron chi connectivity index (χ1n) is 9.31. The third-order valence-corrected chi connectivity index (χ3v) is 5.50. The molecular formula is C20H22BrN5O2. The number of nitrogens with zero attached hydrogens (tertiary/aromatic N) is 4. The Balaban J connectivity index is 1.60. The molecule has 1 atom stereocenters. The minimum absolute atomic E-state index is 0.0767. The number of aromatic nitrogens is 3. The molecule has 8 heteroatoms. The van der Waals surface area contributed by atoms with Gasteiger partial charge in [0.25, 0.3) is 11.8 Å². The standard InChI is InChI=1S/C20H22BrN5O2/c1-12(2)22-19(27)18-7-6-17-13(3)24(8-9-25(17)18)20(28)16-10-15-5-4-14(21)11-26(15)23-16/h4-7,10-13H,8-9H2,1-3H3,(H,22,27). The predicted octanol–water partition coefficient (Wildman–Crippen LogP) is 3.25. The van der Waals surface area contributed by atoms with E-state index in [1.165, 1.54) is 0 Å². The van der Waals surface area contributed by atoms with Crippen molar-refractivity contribution >= 4 is 33.3 Å². The van der Waals surface area contributed by atoms with Gasteiger partial charge < -0.3 is 14.8 Å². The highest BCUT2D eigenvalue weighted by Gasteiger charge is 2.32. The van der Waals surface area contributed by atoms with E-state index in [1.54, 1.807) is 10.6 Å². The summed E-state index contributed by atoms with van der Waals surface area (Å²) in [5.74, 6) is -0.188. The van der Waals surface area contributed by atoms with Crippen molar-refractivity contribution in [1.29, 1.82) is 0 Å². The van der Waals surface area contributed by atoms with Crippen molar-refractivity contribution in [1.82, 2.24) is 24.4 Å². The summed E-state index contributed by atoms with van der Waals surface area (Å²) in [5, 5.41) is 7.36. The zero-order chi connectivity index (χ0) is 20.0.